The molecule has 2 aromatic heterocycles. The molecule has 1 aromatic carbocycles. The van der Waals surface area contributed by atoms with Crippen LogP contribution in [0, 0.1) is 17.4 Å². The van der Waals surface area contributed by atoms with Crippen LogP contribution in [0.25, 0.3) is 22.2 Å². The molecule has 4 heterocycles. The summed E-state index contributed by atoms with van der Waals surface area (Å²) in [4.78, 5) is 15.7. The average Bonchev–Trinajstić information content (AvgIpc) is 3.14. The first-order valence-corrected chi connectivity index (χ1v) is 12.5. The zero-order chi connectivity index (χ0) is 21.5. The summed E-state index contributed by atoms with van der Waals surface area (Å²) in [6.07, 6.45) is 6.65. The highest BCUT2D eigenvalue weighted by Gasteiger charge is 2.27. The van der Waals surface area contributed by atoms with Crippen LogP contribution in [0.4, 0.5) is 5.69 Å². The van der Waals surface area contributed by atoms with E-state index < -0.39 is 0 Å². The minimum absolute atomic E-state index is 0.779. The maximum Gasteiger partial charge on any atom is 0.138 e. The lowest BCUT2D eigenvalue weighted by atomic mass is 9.98. The fourth-order valence-electron chi connectivity index (χ4n) is 5.42. The van der Waals surface area contributed by atoms with E-state index in [0.717, 1.165) is 24.8 Å². The van der Waals surface area contributed by atoms with Crippen molar-refractivity contribution in [3.63, 3.8) is 0 Å². The Hall–Kier alpha value is -1.64. The smallest absolute Gasteiger partial charge is 0.138 e. The number of aryl methyl sites for hydroxylation is 2. The van der Waals surface area contributed by atoms with Gasteiger partial charge in [-0.25, -0.2) is 4.98 Å². The number of halogens is 1. The molecule has 0 aliphatic carbocycles. The van der Waals surface area contributed by atoms with Gasteiger partial charge >= 0.3 is 0 Å². The predicted molar refractivity (Wildman–Crippen MR) is 138 cm³/mol. The van der Waals surface area contributed by atoms with Crippen LogP contribution in [0.3, 0.4) is 0 Å². The van der Waals surface area contributed by atoms with Gasteiger partial charge in [-0.15, -0.1) is 0 Å². The topological polar surface area (TPSA) is 38.4 Å². The second-order valence-electron chi connectivity index (χ2n) is 9.27. The second kappa shape index (κ2) is 8.71. The largest absolute Gasteiger partial charge is 0.369 e. The summed E-state index contributed by atoms with van der Waals surface area (Å²) in [5.41, 5.74) is 7.57. The molecule has 0 bridgehead atoms. The van der Waals surface area contributed by atoms with E-state index in [1.54, 1.807) is 0 Å². The number of hydrogen-bond donors (Lipinski definition) is 1. The van der Waals surface area contributed by atoms with Crippen molar-refractivity contribution in [1.82, 2.24) is 19.8 Å². The van der Waals surface area contributed by atoms with E-state index in [2.05, 4.69) is 86.4 Å². The van der Waals surface area contributed by atoms with E-state index >= 15 is 0 Å². The Bertz CT molecular complexity index is 1050. The lowest BCUT2D eigenvalue weighted by molar-refractivity contribution is 0.115. The summed E-state index contributed by atoms with van der Waals surface area (Å²) in [6, 6.07) is 7.72. The van der Waals surface area contributed by atoms with Crippen molar-refractivity contribution < 1.29 is 0 Å². The summed E-state index contributed by atoms with van der Waals surface area (Å²) < 4.78 is 1.22. The van der Waals surface area contributed by atoms with Crippen LogP contribution in [-0.4, -0.2) is 72.1 Å². The number of H-pyrrole nitrogens is 1. The fraction of sp³-hybridized carbons (Fsp3) is 0.480. The van der Waals surface area contributed by atoms with Crippen LogP contribution in [0.1, 0.15) is 24.0 Å². The Morgan fingerprint density at radius 1 is 0.935 bits per heavy atom. The molecule has 0 spiro atoms. The molecule has 0 saturated carbocycles. The van der Waals surface area contributed by atoms with Gasteiger partial charge in [0.1, 0.15) is 5.65 Å². The minimum atomic E-state index is 0.779. The summed E-state index contributed by atoms with van der Waals surface area (Å²) >= 11 is 2.37. The molecule has 31 heavy (non-hydrogen) atoms. The molecule has 6 heteroatoms. The normalized spacial score (nSPS) is 19.4. The van der Waals surface area contributed by atoms with Crippen molar-refractivity contribution in [3.05, 3.63) is 45.3 Å². The number of likely N-dealkylation sites (tertiary alicyclic amines) is 1. The summed E-state index contributed by atoms with van der Waals surface area (Å²) in [5, 5.41) is 1.20. The maximum absolute atomic E-state index is 4.63. The number of fused-ring (bicyclic) bond motifs is 1. The lowest BCUT2D eigenvalue weighted by Gasteiger charge is -2.43. The minimum Gasteiger partial charge on any atom is -0.369 e. The first-order chi connectivity index (χ1) is 15.0. The molecular weight excluding hydrogens is 497 g/mol. The van der Waals surface area contributed by atoms with Gasteiger partial charge in [-0.2, -0.15) is 0 Å². The molecule has 5 rings (SSSR count). The zero-order valence-electron chi connectivity index (χ0n) is 18.8. The Balaban J connectivity index is 1.33. The molecule has 2 saturated heterocycles. The molecule has 2 fully saturated rings. The number of nitrogens with one attached hydrogen (secondary N) is 1. The fourth-order valence-corrected chi connectivity index (χ4v) is 5.99. The number of piperazine rings is 1. The van der Waals surface area contributed by atoms with E-state index in [4.69, 9.17) is 0 Å². The Morgan fingerprint density at radius 3 is 2.29 bits per heavy atom. The summed E-state index contributed by atoms with van der Waals surface area (Å²) in [5.74, 6) is 0. The highest BCUT2D eigenvalue weighted by Crippen LogP contribution is 2.33. The number of anilines is 1. The van der Waals surface area contributed by atoms with E-state index in [-0.39, 0.29) is 0 Å². The predicted octanol–water partition coefficient (Wildman–Crippen LogP) is 4.67. The van der Waals surface area contributed by atoms with Gasteiger partial charge in [-0.3, -0.25) is 4.90 Å². The third-order valence-electron chi connectivity index (χ3n) is 7.14. The SMILES string of the molecule is Cc1cc(-c2cnc3[nH]cc(I)c3c2)cc(C)c1N1CCN(C2CCN(C)CC2)CC1. The van der Waals surface area contributed by atoms with Gasteiger partial charge in [0.2, 0.25) is 0 Å². The van der Waals surface area contributed by atoms with Crippen LogP contribution in [0.15, 0.2) is 30.6 Å². The van der Waals surface area contributed by atoms with E-state index in [1.807, 2.05) is 12.4 Å². The van der Waals surface area contributed by atoms with E-state index in [9.17, 15) is 0 Å². The van der Waals surface area contributed by atoms with Gasteiger partial charge in [0.05, 0.1) is 0 Å². The van der Waals surface area contributed by atoms with Gasteiger partial charge in [0, 0.05) is 64.8 Å². The van der Waals surface area contributed by atoms with Crippen LogP contribution < -0.4 is 4.90 Å². The monoisotopic (exact) mass is 529 g/mol. The number of piperidine rings is 1. The van der Waals surface area contributed by atoms with Gasteiger partial charge in [-0.1, -0.05) is 0 Å². The van der Waals surface area contributed by atoms with Crippen LogP contribution in [0.2, 0.25) is 0 Å². The average molecular weight is 529 g/mol. The Kier molecular flexibility index (Phi) is 5.96. The third-order valence-corrected chi connectivity index (χ3v) is 8.03. The molecule has 2 aliphatic heterocycles. The van der Waals surface area contributed by atoms with Crippen molar-refractivity contribution in [2.24, 2.45) is 0 Å². The quantitative estimate of drug-likeness (QED) is 0.501. The molecule has 164 valence electrons. The third kappa shape index (κ3) is 4.22. The molecule has 0 radical (unpaired) electrons. The van der Waals surface area contributed by atoms with Crippen LogP contribution in [0.5, 0.6) is 0 Å². The highest BCUT2D eigenvalue weighted by atomic mass is 127. The molecule has 5 nitrogen and oxygen atoms in total. The Labute approximate surface area is 199 Å². The molecular formula is C25H32IN5. The maximum atomic E-state index is 4.63. The molecule has 0 atom stereocenters. The first kappa shape index (κ1) is 21.2. The zero-order valence-corrected chi connectivity index (χ0v) is 20.9. The number of pyridine rings is 1. The van der Waals surface area contributed by atoms with E-state index in [0.29, 0.717) is 0 Å². The molecule has 0 unspecified atom stereocenters. The number of hydrogen-bond acceptors (Lipinski definition) is 4. The van der Waals surface area contributed by atoms with Crippen LogP contribution >= 0.6 is 22.6 Å². The van der Waals surface area contributed by atoms with Crippen molar-refractivity contribution in [2.45, 2.75) is 32.7 Å². The molecule has 0 amide bonds. The highest BCUT2D eigenvalue weighted by molar-refractivity contribution is 14.1. The van der Waals surface area contributed by atoms with Crippen molar-refractivity contribution in [1.29, 1.82) is 0 Å². The van der Waals surface area contributed by atoms with E-state index in [1.165, 1.54) is 75.9 Å². The van der Waals surface area contributed by atoms with Crippen molar-refractivity contribution in [2.75, 3.05) is 51.2 Å². The molecule has 2 aliphatic rings. The van der Waals surface area contributed by atoms with Gasteiger partial charge in [-0.05, 0) is 104 Å². The number of rotatable bonds is 3. The van der Waals surface area contributed by atoms with Crippen molar-refractivity contribution in [3.8, 4) is 11.1 Å². The molecule has 3 aromatic rings. The van der Waals surface area contributed by atoms with Gasteiger partial charge in [0.15, 0.2) is 0 Å². The standard InChI is InChI=1S/C25H32IN5/c1-17-12-19(20-14-22-23(26)16-28-25(22)27-15-20)13-18(2)24(17)31-10-8-30(9-11-31)21-4-6-29(3)7-5-21/h12-16,21H,4-11H2,1-3H3,(H,27,28). The number of aromatic amines is 1. The lowest BCUT2D eigenvalue weighted by Crippen LogP contribution is -2.53. The number of aromatic nitrogens is 2. The summed E-state index contributed by atoms with van der Waals surface area (Å²) in [7, 11) is 2.25. The molecule has 1 N–H and O–H groups in total. The Morgan fingerprint density at radius 2 is 1.61 bits per heavy atom. The van der Waals surface area contributed by atoms with Gasteiger partial charge < -0.3 is 14.8 Å². The number of benzene rings is 1. The first-order valence-electron chi connectivity index (χ1n) is 11.4. The summed E-state index contributed by atoms with van der Waals surface area (Å²) in [6.45, 7) is 11.6. The number of nitrogens with zero attached hydrogens (tertiary/aromatic N) is 4. The second-order valence-corrected chi connectivity index (χ2v) is 10.4. The van der Waals surface area contributed by atoms with Crippen molar-refractivity contribution >= 4 is 39.3 Å². The van der Waals surface area contributed by atoms with Crippen LogP contribution in [-0.2, 0) is 0 Å². The van der Waals surface area contributed by atoms with Gasteiger partial charge in [0.25, 0.3) is 0 Å².